The molecule has 30 heavy (non-hydrogen) atoms. The number of pyridine rings is 1. The predicted octanol–water partition coefficient (Wildman–Crippen LogP) is 5.48. The van der Waals surface area contributed by atoms with Gasteiger partial charge in [0.1, 0.15) is 45.1 Å². The van der Waals surface area contributed by atoms with Gasteiger partial charge in [0.2, 0.25) is 0 Å². The third-order valence-corrected chi connectivity index (χ3v) is 4.84. The van der Waals surface area contributed by atoms with Crippen molar-refractivity contribution in [2.24, 2.45) is 0 Å². The zero-order valence-electron chi connectivity index (χ0n) is 15.6. The van der Waals surface area contributed by atoms with Crippen LogP contribution in [-0.2, 0) is 6.61 Å². The molecule has 0 saturated heterocycles. The molecule has 1 N–H and O–H groups in total. The number of aromatic nitrogens is 5. The topological polar surface area (TPSA) is 85.8 Å². The van der Waals surface area contributed by atoms with E-state index in [0.717, 1.165) is 5.56 Å². The van der Waals surface area contributed by atoms with E-state index in [9.17, 15) is 0 Å². The lowest BCUT2D eigenvalue weighted by molar-refractivity contribution is 0.298. The zero-order valence-corrected chi connectivity index (χ0v) is 17.8. The molecule has 4 aromatic rings. The van der Waals surface area contributed by atoms with Gasteiger partial charge in [0, 0.05) is 23.4 Å². The highest BCUT2D eigenvalue weighted by atomic mass is 35.5. The van der Waals surface area contributed by atoms with Crippen molar-refractivity contribution in [1.82, 2.24) is 24.9 Å². The number of rotatable bonds is 6. The number of nitrogens with one attached hydrogen (secondary N) is 1. The Morgan fingerprint density at radius 1 is 0.933 bits per heavy atom. The minimum absolute atomic E-state index is 0.240. The van der Waals surface area contributed by atoms with E-state index in [0.29, 0.717) is 49.7 Å². The third kappa shape index (κ3) is 4.48. The van der Waals surface area contributed by atoms with Crippen molar-refractivity contribution in [3.8, 4) is 34.1 Å². The minimum Gasteiger partial charge on any atom is -0.496 e. The molecule has 0 bridgehead atoms. The standard InChI is InChI=1S/C20H14Cl3N5O2/c1-29-15-6-13(30-10-12-8-26-17(22)9-24-12)3-4-14(15)18-19(23)28-20(27-18)11-2-5-16(21)25-7-11/h2-9H,10H2,1H3,(H,27,28). The molecule has 152 valence electrons. The van der Waals surface area contributed by atoms with Gasteiger partial charge in [0.15, 0.2) is 0 Å². The summed E-state index contributed by atoms with van der Waals surface area (Å²) in [5.74, 6) is 1.73. The van der Waals surface area contributed by atoms with Crippen LogP contribution in [0.1, 0.15) is 5.69 Å². The van der Waals surface area contributed by atoms with Gasteiger partial charge in [-0.05, 0) is 24.3 Å². The van der Waals surface area contributed by atoms with E-state index in [1.165, 1.54) is 6.20 Å². The molecule has 0 amide bonds. The van der Waals surface area contributed by atoms with Crippen LogP contribution in [-0.4, -0.2) is 32.0 Å². The van der Waals surface area contributed by atoms with Gasteiger partial charge in [-0.3, -0.25) is 4.98 Å². The summed E-state index contributed by atoms with van der Waals surface area (Å²) in [6, 6.07) is 8.88. The number of nitrogens with zero attached hydrogens (tertiary/aromatic N) is 4. The van der Waals surface area contributed by atoms with Crippen LogP contribution in [0.2, 0.25) is 15.5 Å². The van der Waals surface area contributed by atoms with Gasteiger partial charge in [-0.2, -0.15) is 0 Å². The monoisotopic (exact) mass is 461 g/mol. The van der Waals surface area contributed by atoms with Crippen molar-refractivity contribution < 1.29 is 9.47 Å². The Bertz CT molecular complexity index is 1160. The Morgan fingerprint density at radius 2 is 1.77 bits per heavy atom. The van der Waals surface area contributed by atoms with Crippen molar-refractivity contribution in [3.05, 3.63) is 70.1 Å². The SMILES string of the molecule is COc1cc(OCc2cnc(Cl)cn2)ccc1-c1nc(-c2ccc(Cl)nc2)[nH]c1Cl. The third-order valence-electron chi connectivity index (χ3n) is 4.15. The van der Waals surface area contributed by atoms with Crippen LogP contribution in [0.5, 0.6) is 11.5 Å². The molecular weight excluding hydrogens is 449 g/mol. The molecule has 0 aliphatic carbocycles. The summed E-state index contributed by atoms with van der Waals surface area (Å²) in [6.45, 7) is 0.240. The van der Waals surface area contributed by atoms with Crippen molar-refractivity contribution >= 4 is 34.8 Å². The van der Waals surface area contributed by atoms with Gasteiger partial charge in [-0.15, -0.1) is 0 Å². The maximum Gasteiger partial charge on any atom is 0.147 e. The van der Waals surface area contributed by atoms with E-state index in [2.05, 4.69) is 24.9 Å². The Hall–Kier alpha value is -2.87. The second-order valence-electron chi connectivity index (χ2n) is 6.10. The summed E-state index contributed by atoms with van der Waals surface area (Å²) in [7, 11) is 1.57. The molecule has 0 unspecified atom stereocenters. The molecule has 3 heterocycles. The molecule has 0 spiro atoms. The largest absolute Gasteiger partial charge is 0.496 e. The molecule has 7 nitrogen and oxygen atoms in total. The number of imidazole rings is 1. The minimum atomic E-state index is 0.240. The lowest BCUT2D eigenvalue weighted by Crippen LogP contribution is -1.99. The number of methoxy groups -OCH3 is 1. The van der Waals surface area contributed by atoms with Crippen molar-refractivity contribution in [1.29, 1.82) is 0 Å². The normalized spacial score (nSPS) is 10.8. The highest BCUT2D eigenvalue weighted by molar-refractivity contribution is 6.32. The smallest absolute Gasteiger partial charge is 0.147 e. The van der Waals surface area contributed by atoms with Crippen LogP contribution in [0.25, 0.3) is 22.6 Å². The number of halogens is 3. The molecule has 3 aromatic heterocycles. The fourth-order valence-electron chi connectivity index (χ4n) is 2.71. The van der Waals surface area contributed by atoms with Crippen molar-refractivity contribution in [3.63, 3.8) is 0 Å². The molecule has 4 rings (SSSR count). The van der Waals surface area contributed by atoms with E-state index in [1.807, 2.05) is 12.1 Å². The molecule has 0 aliphatic heterocycles. The lowest BCUT2D eigenvalue weighted by Gasteiger charge is -2.11. The first-order valence-corrected chi connectivity index (χ1v) is 9.82. The number of H-pyrrole nitrogens is 1. The lowest BCUT2D eigenvalue weighted by atomic mass is 10.1. The second kappa shape index (κ2) is 8.87. The number of hydrogen-bond acceptors (Lipinski definition) is 6. The summed E-state index contributed by atoms with van der Waals surface area (Å²) in [5.41, 5.74) is 2.67. The fraction of sp³-hybridized carbons (Fsp3) is 0.100. The summed E-state index contributed by atoms with van der Waals surface area (Å²) < 4.78 is 11.3. The van der Waals surface area contributed by atoms with Gasteiger partial charge < -0.3 is 14.5 Å². The molecule has 0 aliphatic rings. The van der Waals surface area contributed by atoms with E-state index in [1.54, 1.807) is 37.7 Å². The summed E-state index contributed by atoms with van der Waals surface area (Å²) >= 11 is 18.0. The summed E-state index contributed by atoms with van der Waals surface area (Å²) in [5, 5.41) is 1.11. The van der Waals surface area contributed by atoms with Gasteiger partial charge in [0.25, 0.3) is 0 Å². The van der Waals surface area contributed by atoms with Crippen LogP contribution in [0.4, 0.5) is 0 Å². The Balaban J connectivity index is 1.58. The fourth-order valence-corrected chi connectivity index (χ4v) is 3.15. The highest BCUT2D eigenvalue weighted by Crippen LogP contribution is 2.37. The predicted molar refractivity (Wildman–Crippen MR) is 115 cm³/mol. The molecule has 0 saturated carbocycles. The molecule has 10 heteroatoms. The number of ether oxygens (including phenoxy) is 2. The Labute approximate surface area is 187 Å². The first-order valence-electron chi connectivity index (χ1n) is 8.68. The summed E-state index contributed by atoms with van der Waals surface area (Å²) in [4.78, 5) is 19.9. The molecule has 0 radical (unpaired) electrons. The average Bonchev–Trinajstić information content (AvgIpc) is 3.15. The van der Waals surface area contributed by atoms with Gasteiger partial charge >= 0.3 is 0 Å². The number of benzene rings is 1. The van der Waals surface area contributed by atoms with Crippen LogP contribution in [0, 0.1) is 0 Å². The molecular formula is C20H14Cl3N5O2. The number of hydrogen-bond donors (Lipinski definition) is 1. The van der Waals surface area contributed by atoms with Crippen LogP contribution in [0.3, 0.4) is 0 Å². The molecule has 0 fully saturated rings. The van der Waals surface area contributed by atoms with E-state index >= 15 is 0 Å². The van der Waals surface area contributed by atoms with Gasteiger partial charge in [-0.25, -0.2) is 15.0 Å². The van der Waals surface area contributed by atoms with Crippen molar-refractivity contribution in [2.45, 2.75) is 6.61 Å². The zero-order chi connectivity index (χ0) is 21.1. The quantitative estimate of drug-likeness (QED) is 0.382. The highest BCUT2D eigenvalue weighted by Gasteiger charge is 2.17. The summed E-state index contributed by atoms with van der Waals surface area (Å²) in [6.07, 6.45) is 4.65. The molecule has 1 aromatic carbocycles. The van der Waals surface area contributed by atoms with E-state index in [-0.39, 0.29) is 6.61 Å². The van der Waals surface area contributed by atoms with Gasteiger partial charge in [-0.1, -0.05) is 34.8 Å². The van der Waals surface area contributed by atoms with Gasteiger partial charge in [0.05, 0.1) is 25.2 Å². The van der Waals surface area contributed by atoms with E-state index in [4.69, 9.17) is 44.3 Å². The van der Waals surface area contributed by atoms with Crippen LogP contribution >= 0.6 is 34.8 Å². The second-order valence-corrected chi connectivity index (χ2v) is 7.25. The first kappa shape index (κ1) is 20.4. The average molecular weight is 463 g/mol. The maximum absolute atomic E-state index is 6.41. The molecule has 0 atom stereocenters. The first-order chi connectivity index (χ1) is 14.5. The maximum atomic E-state index is 6.41. The Kier molecular flexibility index (Phi) is 6.03. The number of aromatic amines is 1. The van der Waals surface area contributed by atoms with Crippen LogP contribution in [0.15, 0.2) is 48.9 Å². The van der Waals surface area contributed by atoms with Crippen LogP contribution < -0.4 is 9.47 Å². The Morgan fingerprint density at radius 3 is 2.47 bits per heavy atom. The van der Waals surface area contributed by atoms with Crippen molar-refractivity contribution in [2.75, 3.05) is 7.11 Å². The van der Waals surface area contributed by atoms with E-state index < -0.39 is 0 Å².